The summed E-state index contributed by atoms with van der Waals surface area (Å²) in [4.78, 5) is 12.2. The van der Waals surface area contributed by atoms with E-state index in [1.165, 1.54) is 7.11 Å². The highest BCUT2D eigenvalue weighted by Crippen LogP contribution is 2.26. The van der Waals surface area contributed by atoms with Gasteiger partial charge in [-0.1, -0.05) is 36.3 Å². The number of benzene rings is 1. The minimum atomic E-state index is -1.35. The van der Waals surface area contributed by atoms with E-state index in [0.717, 1.165) is 0 Å². The summed E-state index contributed by atoms with van der Waals surface area (Å²) in [6.07, 6.45) is -0.214. The first kappa shape index (κ1) is 14.3. The molecule has 0 fully saturated rings. The van der Waals surface area contributed by atoms with Crippen LogP contribution < -0.4 is 0 Å². The molecule has 0 aliphatic heterocycles. The summed E-state index contributed by atoms with van der Waals surface area (Å²) >= 11 is 0. The zero-order valence-corrected chi connectivity index (χ0v) is 11.2. The van der Waals surface area contributed by atoms with E-state index in [4.69, 9.17) is 9.47 Å². The van der Waals surface area contributed by atoms with E-state index < -0.39 is 11.6 Å². The van der Waals surface area contributed by atoms with E-state index in [1.807, 2.05) is 18.2 Å². The van der Waals surface area contributed by atoms with Crippen LogP contribution in [0.2, 0.25) is 0 Å². The second-order valence-electron chi connectivity index (χ2n) is 4.08. The Balaban J connectivity index is 3.25. The molecular formula is C15H18O3. The van der Waals surface area contributed by atoms with Crippen LogP contribution in [0.1, 0.15) is 26.3 Å². The summed E-state index contributed by atoms with van der Waals surface area (Å²) in [6.45, 7) is 5.25. The molecule has 3 nitrogen and oxygen atoms in total. The third kappa shape index (κ3) is 2.91. The van der Waals surface area contributed by atoms with Gasteiger partial charge in [0.15, 0.2) is 0 Å². The predicted octanol–water partition coefficient (Wildman–Crippen LogP) is 2.50. The van der Waals surface area contributed by atoms with Crippen molar-refractivity contribution in [3.63, 3.8) is 0 Å². The number of carbonyl (C=O) groups excluding carboxylic acids is 1. The van der Waals surface area contributed by atoms with E-state index in [0.29, 0.717) is 5.56 Å². The van der Waals surface area contributed by atoms with Gasteiger partial charge in [-0.2, -0.15) is 0 Å². The summed E-state index contributed by atoms with van der Waals surface area (Å²) in [5, 5.41) is 0. The zero-order chi connectivity index (χ0) is 13.6. The average Bonchev–Trinajstić information content (AvgIpc) is 2.36. The molecule has 1 aromatic carbocycles. The molecule has 0 heterocycles. The smallest absolute Gasteiger partial charge is 0.356 e. The van der Waals surface area contributed by atoms with Gasteiger partial charge in [0.1, 0.15) is 0 Å². The van der Waals surface area contributed by atoms with E-state index >= 15 is 0 Å². The molecule has 0 aliphatic carbocycles. The van der Waals surface area contributed by atoms with Crippen molar-refractivity contribution in [2.75, 3.05) is 7.11 Å². The number of carbonyl (C=O) groups is 1. The lowest BCUT2D eigenvalue weighted by molar-refractivity contribution is -0.167. The number of rotatable bonds is 4. The molecule has 0 saturated carbocycles. The first-order valence-electron chi connectivity index (χ1n) is 5.82. The first-order valence-corrected chi connectivity index (χ1v) is 5.82. The SMILES string of the molecule is CC#C[C@@](OC)(C(=O)OC(C)C)c1ccccc1. The topological polar surface area (TPSA) is 35.5 Å². The second-order valence-corrected chi connectivity index (χ2v) is 4.08. The molecule has 0 amide bonds. The monoisotopic (exact) mass is 246 g/mol. The molecule has 0 unspecified atom stereocenters. The summed E-state index contributed by atoms with van der Waals surface area (Å²) in [5.41, 5.74) is -0.673. The van der Waals surface area contributed by atoms with Gasteiger partial charge in [0.25, 0.3) is 5.60 Å². The van der Waals surface area contributed by atoms with Crippen LogP contribution in [0.5, 0.6) is 0 Å². The molecule has 18 heavy (non-hydrogen) atoms. The summed E-state index contributed by atoms with van der Waals surface area (Å²) < 4.78 is 10.6. The fraction of sp³-hybridized carbons (Fsp3) is 0.400. The van der Waals surface area contributed by atoms with Gasteiger partial charge < -0.3 is 9.47 Å². The van der Waals surface area contributed by atoms with Crippen molar-refractivity contribution >= 4 is 5.97 Å². The largest absolute Gasteiger partial charge is 0.460 e. The van der Waals surface area contributed by atoms with Crippen LogP contribution in [0.4, 0.5) is 0 Å². The number of methoxy groups -OCH3 is 1. The Bertz CT molecular complexity index is 454. The third-order valence-electron chi connectivity index (χ3n) is 2.42. The zero-order valence-electron chi connectivity index (χ0n) is 11.2. The number of ether oxygens (including phenoxy) is 2. The van der Waals surface area contributed by atoms with Crippen molar-refractivity contribution in [3.8, 4) is 11.8 Å². The van der Waals surface area contributed by atoms with Crippen LogP contribution in [-0.2, 0) is 19.9 Å². The Morgan fingerprint density at radius 1 is 1.28 bits per heavy atom. The Labute approximate surface area is 108 Å². The molecule has 96 valence electrons. The highest BCUT2D eigenvalue weighted by molar-refractivity contribution is 5.85. The first-order chi connectivity index (χ1) is 8.56. The van der Waals surface area contributed by atoms with E-state index in [9.17, 15) is 4.79 Å². The van der Waals surface area contributed by atoms with E-state index in [1.54, 1.807) is 32.9 Å². The second kappa shape index (κ2) is 6.23. The quantitative estimate of drug-likeness (QED) is 0.605. The van der Waals surface area contributed by atoms with E-state index in [-0.39, 0.29) is 6.10 Å². The standard InChI is InChI=1S/C15H18O3/c1-5-11-15(17-4,14(16)18-12(2)3)13-9-7-6-8-10-13/h6-10,12H,1-4H3/t15-/m0/s1. The highest BCUT2D eigenvalue weighted by Gasteiger charge is 2.41. The summed E-state index contributed by atoms with van der Waals surface area (Å²) in [6, 6.07) is 9.15. The molecular weight excluding hydrogens is 228 g/mol. The highest BCUT2D eigenvalue weighted by atomic mass is 16.6. The Kier molecular flexibility index (Phi) is 4.94. The summed E-state index contributed by atoms with van der Waals surface area (Å²) in [5.74, 6) is 5.07. The molecule has 1 aromatic rings. The van der Waals surface area contributed by atoms with Crippen LogP contribution in [0.25, 0.3) is 0 Å². The molecule has 0 spiro atoms. The van der Waals surface area contributed by atoms with Crippen molar-refractivity contribution in [1.29, 1.82) is 0 Å². The lowest BCUT2D eigenvalue weighted by Crippen LogP contribution is -2.39. The van der Waals surface area contributed by atoms with Gasteiger partial charge in [0, 0.05) is 12.7 Å². The average molecular weight is 246 g/mol. The molecule has 0 bridgehead atoms. The maximum absolute atomic E-state index is 12.2. The van der Waals surface area contributed by atoms with Crippen LogP contribution in [0.15, 0.2) is 30.3 Å². The third-order valence-corrected chi connectivity index (χ3v) is 2.42. The van der Waals surface area contributed by atoms with Gasteiger partial charge in [-0.25, -0.2) is 4.79 Å². The molecule has 1 rings (SSSR count). The minimum absolute atomic E-state index is 0.214. The molecule has 1 atom stereocenters. The molecule has 0 radical (unpaired) electrons. The van der Waals surface area contributed by atoms with E-state index in [2.05, 4.69) is 11.8 Å². The maximum atomic E-state index is 12.2. The van der Waals surface area contributed by atoms with Gasteiger partial charge in [-0.05, 0) is 20.8 Å². The fourth-order valence-corrected chi connectivity index (χ4v) is 1.64. The van der Waals surface area contributed by atoms with Gasteiger partial charge in [-0.15, -0.1) is 5.92 Å². The van der Waals surface area contributed by atoms with Gasteiger partial charge in [0.2, 0.25) is 0 Å². The molecule has 3 heteroatoms. The lowest BCUT2D eigenvalue weighted by Gasteiger charge is -2.26. The minimum Gasteiger partial charge on any atom is -0.460 e. The van der Waals surface area contributed by atoms with Gasteiger partial charge >= 0.3 is 5.97 Å². The number of esters is 1. The normalized spacial score (nSPS) is 13.4. The number of hydrogen-bond donors (Lipinski definition) is 0. The summed E-state index contributed by atoms with van der Waals surface area (Å²) in [7, 11) is 1.46. The Morgan fingerprint density at radius 2 is 1.89 bits per heavy atom. The van der Waals surface area contributed by atoms with Crippen molar-refractivity contribution in [1.82, 2.24) is 0 Å². The van der Waals surface area contributed by atoms with Crippen LogP contribution in [-0.4, -0.2) is 19.2 Å². The Hall–Kier alpha value is -1.79. The number of hydrogen-bond acceptors (Lipinski definition) is 3. The van der Waals surface area contributed by atoms with Crippen LogP contribution in [0, 0.1) is 11.8 Å². The molecule has 0 aromatic heterocycles. The molecule has 0 saturated heterocycles. The maximum Gasteiger partial charge on any atom is 0.356 e. The van der Waals surface area contributed by atoms with Gasteiger partial charge in [-0.3, -0.25) is 0 Å². The fourth-order valence-electron chi connectivity index (χ4n) is 1.64. The lowest BCUT2D eigenvalue weighted by atomic mass is 9.94. The van der Waals surface area contributed by atoms with Gasteiger partial charge in [0.05, 0.1) is 6.10 Å². The van der Waals surface area contributed by atoms with Crippen LogP contribution >= 0.6 is 0 Å². The van der Waals surface area contributed by atoms with Crippen molar-refractivity contribution in [2.45, 2.75) is 32.5 Å². The molecule has 0 N–H and O–H groups in total. The predicted molar refractivity (Wildman–Crippen MR) is 69.8 cm³/mol. The van der Waals surface area contributed by atoms with Crippen LogP contribution in [0.3, 0.4) is 0 Å². The van der Waals surface area contributed by atoms with Crippen molar-refractivity contribution in [3.05, 3.63) is 35.9 Å². The molecule has 0 aliphatic rings. The van der Waals surface area contributed by atoms with Crippen molar-refractivity contribution in [2.24, 2.45) is 0 Å². The Morgan fingerprint density at radius 3 is 2.33 bits per heavy atom. The van der Waals surface area contributed by atoms with Crippen molar-refractivity contribution < 1.29 is 14.3 Å².